The van der Waals surface area contributed by atoms with Gasteiger partial charge in [0.15, 0.2) is 0 Å². The summed E-state index contributed by atoms with van der Waals surface area (Å²) in [6.07, 6.45) is 9.06. The molecule has 0 N–H and O–H groups in total. The van der Waals surface area contributed by atoms with E-state index in [0.29, 0.717) is 12.1 Å². The molecule has 0 aliphatic heterocycles. The number of halogens is 1. The molecule has 0 aliphatic carbocycles. The van der Waals surface area contributed by atoms with Gasteiger partial charge in [0.2, 0.25) is 0 Å². The van der Waals surface area contributed by atoms with Crippen LogP contribution in [0.3, 0.4) is 0 Å². The predicted molar refractivity (Wildman–Crippen MR) is 85.1 cm³/mol. The molecule has 5 heteroatoms. The summed E-state index contributed by atoms with van der Waals surface area (Å²) in [7, 11) is 2.04. The van der Waals surface area contributed by atoms with Crippen molar-refractivity contribution in [2.45, 2.75) is 19.6 Å². The standard InChI is InChI=1S/C16H15BrN4/c1-3-6-21-11-14(9-19-21)10-20(2)12-15-5-4-13(8-18)7-16(15)17/h1,4-5,7,9,11H,6,10,12H2,2H3. The van der Waals surface area contributed by atoms with Crippen molar-refractivity contribution in [2.75, 3.05) is 7.05 Å². The van der Waals surface area contributed by atoms with E-state index in [0.717, 1.165) is 28.7 Å². The number of nitrogens with zero attached hydrogens (tertiary/aromatic N) is 4. The highest BCUT2D eigenvalue weighted by atomic mass is 79.9. The van der Waals surface area contributed by atoms with Crippen LogP contribution in [0.5, 0.6) is 0 Å². The van der Waals surface area contributed by atoms with Crippen molar-refractivity contribution in [1.82, 2.24) is 14.7 Å². The van der Waals surface area contributed by atoms with Crippen LogP contribution in [0.4, 0.5) is 0 Å². The number of benzene rings is 1. The van der Waals surface area contributed by atoms with Crippen LogP contribution in [0.2, 0.25) is 0 Å². The van der Waals surface area contributed by atoms with Crippen LogP contribution >= 0.6 is 15.9 Å². The second-order valence-electron chi connectivity index (χ2n) is 4.84. The van der Waals surface area contributed by atoms with Gasteiger partial charge in [-0.2, -0.15) is 10.4 Å². The zero-order valence-electron chi connectivity index (χ0n) is 11.8. The molecule has 0 spiro atoms. The molecule has 1 aromatic carbocycles. The third kappa shape index (κ3) is 4.19. The monoisotopic (exact) mass is 342 g/mol. The van der Waals surface area contributed by atoms with Gasteiger partial charge in [-0.15, -0.1) is 6.42 Å². The molecule has 0 unspecified atom stereocenters. The molecule has 106 valence electrons. The second-order valence-corrected chi connectivity index (χ2v) is 5.69. The molecule has 0 saturated carbocycles. The molecule has 0 fully saturated rings. The number of nitriles is 1. The molecular weight excluding hydrogens is 328 g/mol. The lowest BCUT2D eigenvalue weighted by Crippen LogP contribution is -2.17. The van der Waals surface area contributed by atoms with E-state index in [2.05, 4.69) is 37.9 Å². The summed E-state index contributed by atoms with van der Waals surface area (Å²) in [6, 6.07) is 7.78. The van der Waals surface area contributed by atoms with Crippen LogP contribution in [0, 0.1) is 23.7 Å². The Morgan fingerprint density at radius 3 is 2.90 bits per heavy atom. The average Bonchev–Trinajstić information content (AvgIpc) is 2.88. The van der Waals surface area contributed by atoms with Gasteiger partial charge in [-0.3, -0.25) is 9.58 Å². The smallest absolute Gasteiger partial charge is 0.101 e. The van der Waals surface area contributed by atoms with Crippen molar-refractivity contribution in [2.24, 2.45) is 0 Å². The van der Waals surface area contributed by atoms with Crippen molar-refractivity contribution < 1.29 is 0 Å². The molecule has 0 aliphatic rings. The molecule has 1 aromatic heterocycles. The zero-order chi connectivity index (χ0) is 15.2. The first kappa shape index (κ1) is 15.3. The van der Waals surface area contributed by atoms with E-state index in [4.69, 9.17) is 11.7 Å². The second kappa shape index (κ2) is 7.08. The fraction of sp³-hybridized carbons (Fsp3) is 0.250. The molecule has 4 nitrogen and oxygen atoms in total. The maximum absolute atomic E-state index is 8.87. The van der Waals surface area contributed by atoms with Crippen LogP contribution in [0.1, 0.15) is 16.7 Å². The topological polar surface area (TPSA) is 44.9 Å². The van der Waals surface area contributed by atoms with E-state index < -0.39 is 0 Å². The molecule has 0 atom stereocenters. The van der Waals surface area contributed by atoms with E-state index in [9.17, 15) is 0 Å². The van der Waals surface area contributed by atoms with Crippen LogP contribution in [0.25, 0.3) is 0 Å². The molecule has 1 heterocycles. The summed E-state index contributed by atoms with van der Waals surface area (Å²) < 4.78 is 2.71. The number of terminal acetylenes is 1. The molecule has 0 bridgehead atoms. The third-order valence-electron chi connectivity index (χ3n) is 3.01. The highest BCUT2D eigenvalue weighted by Gasteiger charge is 2.07. The van der Waals surface area contributed by atoms with E-state index in [1.165, 1.54) is 0 Å². The van der Waals surface area contributed by atoms with Gasteiger partial charge in [0.1, 0.15) is 6.54 Å². The van der Waals surface area contributed by atoms with E-state index in [-0.39, 0.29) is 0 Å². The summed E-state index contributed by atoms with van der Waals surface area (Å²) in [5, 5.41) is 13.1. The third-order valence-corrected chi connectivity index (χ3v) is 3.75. The van der Waals surface area contributed by atoms with Gasteiger partial charge in [-0.05, 0) is 24.7 Å². The Labute approximate surface area is 133 Å². The van der Waals surface area contributed by atoms with Gasteiger partial charge in [-0.25, -0.2) is 0 Å². The average molecular weight is 343 g/mol. The fourth-order valence-electron chi connectivity index (χ4n) is 2.07. The first-order valence-corrected chi connectivity index (χ1v) is 7.23. The Kier molecular flexibility index (Phi) is 5.16. The lowest BCUT2D eigenvalue weighted by molar-refractivity contribution is 0.318. The van der Waals surface area contributed by atoms with Gasteiger partial charge in [0.25, 0.3) is 0 Å². The summed E-state index contributed by atoms with van der Waals surface area (Å²) in [5.74, 6) is 2.56. The Balaban J connectivity index is 1.99. The normalized spacial score (nSPS) is 10.3. The van der Waals surface area contributed by atoms with Gasteiger partial charge in [0, 0.05) is 29.3 Å². The minimum absolute atomic E-state index is 0.491. The van der Waals surface area contributed by atoms with Crippen molar-refractivity contribution in [3.05, 3.63) is 51.8 Å². The lowest BCUT2D eigenvalue weighted by atomic mass is 10.1. The first-order valence-electron chi connectivity index (χ1n) is 6.44. The van der Waals surface area contributed by atoms with Crippen LogP contribution in [-0.2, 0) is 19.6 Å². The van der Waals surface area contributed by atoms with E-state index >= 15 is 0 Å². The van der Waals surface area contributed by atoms with Crippen LogP contribution < -0.4 is 0 Å². The molecule has 0 amide bonds. The highest BCUT2D eigenvalue weighted by molar-refractivity contribution is 9.10. The Bertz CT molecular complexity index is 706. The van der Waals surface area contributed by atoms with Crippen molar-refractivity contribution >= 4 is 15.9 Å². The molecule has 2 aromatic rings. The van der Waals surface area contributed by atoms with Crippen molar-refractivity contribution in [1.29, 1.82) is 5.26 Å². The van der Waals surface area contributed by atoms with Gasteiger partial charge in [0.05, 0.1) is 17.8 Å². The fourth-order valence-corrected chi connectivity index (χ4v) is 2.58. The van der Waals surface area contributed by atoms with Crippen molar-refractivity contribution in [3.8, 4) is 18.4 Å². The minimum Gasteiger partial charge on any atom is -0.298 e. The largest absolute Gasteiger partial charge is 0.298 e. The summed E-state index contributed by atoms with van der Waals surface area (Å²) >= 11 is 3.51. The Hall–Kier alpha value is -2.08. The number of aromatic nitrogens is 2. The first-order chi connectivity index (χ1) is 10.1. The van der Waals surface area contributed by atoms with Crippen molar-refractivity contribution in [3.63, 3.8) is 0 Å². The Morgan fingerprint density at radius 1 is 1.43 bits per heavy atom. The van der Waals surface area contributed by atoms with E-state index in [1.54, 1.807) is 4.68 Å². The van der Waals surface area contributed by atoms with Gasteiger partial charge < -0.3 is 0 Å². The predicted octanol–water partition coefficient (Wildman–Crippen LogP) is 2.78. The van der Waals surface area contributed by atoms with E-state index in [1.807, 2.05) is 37.6 Å². The molecule has 0 saturated heterocycles. The quantitative estimate of drug-likeness (QED) is 0.785. The number of hydrogen-bond acceptors (Lipinski definition) is 3. The number of rotatable bonds is 5. The molecule has 21 heavy (non-hydrogen) atoms. The maximum atomic E-state index is 8.87. The summed E-state index contributed by atoms with van der Waals surface area (Å²) in [5.41, 5.74) is 2.92. The summed E-state index contributed by atoms with van der Waals surface area (Å²) in [6.45, 7) is 2.06. The van der Waals surface area contributed by atoms with Gasteiger partial charge >= 0.3 is 0 Å². The lowest BCUT2D eigenvalue weighted by Gasteiger charge is -2.16. The molecule has 0 radical (unpaired) electrons. The highest BCUT2D eigenvalue weighted by Crippen LogP contribution is 2.20. The molecule has 2 rings (SSSR count). The zero-order valence-corrected chi connectivity index (χ0v) is 13.3. The number of hydrogen-bond donors (Lipinski definition) is 0. The minimum atomic E-state index is 0.491. The maximum Gasteiger partial charge on any atom is 0.101 e. The summed E-state index contributed by atoms with van der Waals surface area (Å²) in [4.78, 5) is 2.18. The van der Waals surface area contributed by atoms with Gasteiger partial charge in [-0.1, -0.05) is 27.9 Å². The Morgan fingerprint density at radius 2 is 2.24 bits per heavy atom. The van der Waals surface area contributed by atoms with Crippen LogP contribution in [0.15, 0.2) is 35.1 Å². The molecular formula is C16H15BrN4. The van der Waals surface area contributed by atoms with Crippen LogP contribution in [-0.4, -0.2) is 21.7 Å². The SMILES string of the molecule is C#CCn1cc(CN(C)Cc2ccc(C#N)cc2Br)cn1.